The summed E-state index contributed by atoms with van der Waals surface area (Å²) in [5, 5.41) is 15.6. The largest absolute Gasteiger partial charge is 0.322 e. The quantitative estimate of drug-likeness (QED) is 0.642. The molecule has 2 aromatic carbocycles. The Balaban J connectivity index is 1.58. The first kappa shape index (κ1) is 18.1. The van der Waals surface area contributed by atoms with Gasteiger partial charge < -0.3 is 5.32 Å². The molecule has 0 aliphatic carbocycles. The predicted molar refractivity (Wildman–Crippen MR) is 103 cm³/mol. The highest BCUT2D eigenvalue weighted by atomic mass is 32.2. The molecule has 0 spiro atoms. The third-order valence-electron chi connectivity index (χ3n) is 3.65. The van der Waals surface area contributed by atoms with E-state index in [9.17, 15) is 4.79 Å². The van der Waals surface area contributed by atoms with Crippen LogP contribution in [0.25, 0.3) is 0 Å². The minimum absolute atomic E-state index is 0.115. The number of hydrogen-bond donors (Lipinski definition) is 1. The molecule has 0 saturated heterocycles. The Hall–Kier alpha value is -2.67. The summed E-state index contributed by atoms with van der Waals surface area (Å²) in [7, 11) is 0. The maximum absolute atomic E-state index is 12.3. The number of carbonyl (C=O) groups is 1. The molecular formula is C19H21N5OS. The van der Waals surface area contributed by atoms with Gasteiger partial charge in [-0.2, -0.15) is 0 Å². The van der Waals surface area contributed by atoms with Crippen LogP contribution in [-0.2, 0) is 12.3 Å². The lowest BCUT2D eigenvalue weighted by Gasteiger charge is -2.07. The van der Waals surface area contributed by atoms with E-state index in [2.05, 4.69) is 34.7 Å². The first-order valence-electron chi connectivity index (χ1n) is 8.46. The van der Waals surface area contributed by atoms with Crippen LogP contribution in [0.3, 0.4) is 0 Å². The van der Waals surface area contributed by atoms with Gasteiger partial charge in [-0.25, -0.2) is 4.68 Å². The first-order chi connectivity index (χ1) is 12.6. The van der Waals surface area contributed by atoms with Crippen LogP contribution in [-0.4, -0.2) is 26.1 Å². The Labute approximate surface area is 157 Å². The van der Waals surface area contributed by atoms with Crippen molar-refractivity contribution >= 4 is 23.4 Å². The fourth-order valence-corrected chi connectivity index (χ4v) is 3.23. The normalized spacial score (nSPS) is 10.9. The molecule has 0 saturated carbocycles. The number of thioether (sulfide) groups is 1. The van der Waals surface area contributed by atoms with Gasteiger partial charge in [0.2, 0.25) is 5.16 Å². The fraction of sp³-hybridized carbons (Fsp3) is 0.263. The van der Waals surface area contributed by atoms with Crippen LogP contribution in [0.1, 0.15) is 29.8 Å². The summed E-state index contributed by atoms with van der Waals surface area (Å²) in [6, 6.07) is 17.0. The summed E-state index contributed by atoms with van der Waals surface area (Å²) in [5.74, 6) is 1.12. The Morgan fingerprint density at radius 1 is 1.12 bits per heavy atom. The molecule has 0 radical (unpaired) electrons. The number of amides is 1. The van der Waals surface area contributed by atoms with Crippen LogP contribution in [0.4, 0.5) is 5.69 Å². The Morgan fingerprint density at radius 3 is 2.54 bits per heavy atom. The summed E-state index contributed by atoms with van der Waals surface area (Å²) < 4.78 is 1.83. The number of hydrogen-bond acceptors (Lipinski definition) is 5. The number of anilines is 1. The lowest BCUT2D eigenvalue weighted by molar-refractivity contribution is 0.102. The molecule has 0 fully saturated rings. The molecule has 0 bridgehead atoms. The summed E-state index contributed by atoms with van der Waals surface area (Å²) in [6.45, 7) is 5.07. The zero-order valence-electron chi connectivity index (χ0n) is 14.8. The van der Waals surface area contributed by atoms with E-state index in [1.165, 1.54) is 0 Å². The molecular weight excluding hydrogens is 346 g/mol. The zero-order valence-corrected chi connectivity index (χ0v) is 15.6. The highest BCUT2D eigenvalue weighted by molar-refractivity contribution is 7.98. The van der Waals surface area contributed by atoms with E-state index in [-0.39, 0.29) is 5.91 Å². The van der Waals surface area contributed by atoms with E-state index >= 15 is 0 Å². The van der Waals surface area contributed by atoms with Crippen LogP contribution in [0.2, 0.25) is 0 Å². The molecule has 0 unspecified atom stereocenters. The van der Waals surface area contributed by atoms with Crippen molar-refractivity contribution in [3.8, 4) is 0 Å². The van der Waals surface area contributed by atoms with Gasteiger partial charge >= 0.3 is 0 Å². The fourth-order valence-electron chi connectivity index (χ4n) is 2.39. The van der Waals surface area contributed by atoms with Crippen molar-refractivity contribution in [2.75, 3.05) is 5.32 Å². The Morgan fingerprint density at radius 2 is 1.85 bits per heavy atom. The lowest BCUT2D eigenvalue weighted by atomic mass is 10.1. The van der Waals surface area contributed by atoms with Gasteiger partial charge in [0.15, 0.2) is 0 Å². The molecule has 3 aromatic rings. The number of nitrogens with one attached hydrogen (secondary N) is 1. The molecule has 1 N–H and O–H groups in total. The highest BCUT2D eigenvalue weighted by Crippen LogP contribution is 2.21. The van der Waals surface area contributed by atoms with Gasteiger partial charge in [0.1, 0.15) is 0 Å². The summed E-state index contributed by atoms with van der Waals surface area (Å²) in [5.41, 5.74) is 2.53. The van der Waals surface area contributed by atoms with Crippen LogP contribution >= 0.6 is 11.8 Å². The van der Waals surface area contributed by atoms with Crippen molar-refractivity contribution in [3.63, 3.8) is 0 Å². The number of nitrogens with zero attached hydrogens (tertiary/aromatic N) is 4. The average molecular weight is 367 g/mol. The summed E-state index contributed by atoms with van der Waals surface area (Å²) in [4.78, 5) is 12.3. The molecule has 134 valence electrons. The topological polar surface area (TPSA) is 72.7 Å². The second kappa shape index (κ2) is 8.62. The van der Waals surface area contributed by atoms with Crippen molar-refractivity contribution in [1.82, 2.24) is 20.2 Å². The maximum Gasteiger partial charge on any atom is 0.255 e. The van der Waals surface area contributed by atoms with Crippen molar-refractivity contribution in [2.24, 2.45) is 5.92 Å². The molecule has 1 amide bonds. The zero-order chi connectivity index (χ0) is 18.4. The van der Waals surface area contributed by atoms with Gasteiger partial charge in [0.25, 0.3) is 5.91 Å². The van der Waals surface area contributed by atoms with Gasteiger partial charge in [0, 0.05) is 23.5 Å². The van der Waals surface area contributed by atoms with Crippen LogP contribution in [0, 0.1) is 5.92 Å². The number of carbonyl (C=O) groups excluding carboxylic acids is 1. The summed E-state index contributed by atoms with van der Waals surface area (Å²) in [6.07, 6.45) is 0. The molecule has 0 atom stereocenters. The van der Waals surface area contributed by atoms with Crippen molar-refractivity contribution < 1.29 is 4.79 Å². The SMILES string of the molecule is CC(C)Cn1nnnc1SCc1ccc(C(=O)Nc2ccccc2)cc1. The van der Waals surface area contributed by atoms with Gasteiger partial charge in [-0.1, -0.05) is 55.9 Å². The molecule has 1 heterocycles. The van der Waals surface area contributed by atoms with Crippen molar-refractivity contribution in [2.45, 2.75) is 31.3 Å². The van der Waals surface area contributed by atoms with E-state index in [1.807, 2.05) is 59.3 Å². The minimum Gasteiger partial charge on any atom is -0.322 e. The predicted octanol–water partition coefficient (Wildman–Crippen LogP) is 3.87. The second-order valence-corrected chi connectivity index (χ2v) is 7.29. The Bertz CT molecular complexity index is 846. The lowest BCUT2D eigenvalue weighted by Crippen LogP contribution is -2.11. The summed E-state index contributed by atoms with van der Waals surface area (Å²) >= 11 is 1.59. The standard InChI is InChI=1S/C19H21N5OS/c1-14(2)12-24-19(21-22-23-24)26-13-15-8-10-16(11-9-15)18(25)20-17-6-4-3-5-7-17/h3-11,14H,12-13H2,1-2H3,(H,20,25). The Kier molecular flexibility index (Phi) is 6.01. The molecule has 7 heteroatoms. The van der Waals surface area contributed by atoms with E-state index in [0.717, 1.165) is 28.7 Å². The van der Waals surface area contributed by atoms with Crippen LogP contribution < -0.4 is 5.32 Å². The average Bonchev–Trinajstić information content (AvgIpc) is 3.07. The number of rotatable bonds is 7. The molecule has 1 aromatic heterocycles. The van der Waals surface area contributed by atoms with E-state index in [1.54, 1.807) is 11.8 Å². The third kappa shape index (κ3) is 4.92. The van der Waals surface area contributed by atoms with E-state index < -0.39 is 0 Å². The maximum atomic E-state index is 12.3. The molecule has 0 aliphatic heterocycles. The van der Waals surface area contributed by atoms with E-state index in [0.29, 0.717) is 11.5 Å². The number of aromatic nitrogens is 4. The van der Waals surface area contributed by atoms with Crippen molar-refractivity contribution in [1.29, 1.82) is 0 Å². The van der Waals surface area contributed by atoms with Gasteiger partial charge in [-0.05, 0) is 46.2 Å². The smallest absolute Gasteiger partial charge is 0.255 e. The number of para-hydroxylation sites is 1. The number of benzene rings is 2. The molecule has 26 heavy (non-hydrogen) atoms. The van der Waals surface area contributed by atoms with E-state index in [4.69, 9.17) is 0 Å². The van der Waals surface area contributed by atoms with Crippen molar-refractivity contribution in [3.05, 3.63) is 65.7 Å². The van der Waals surface area contributed by atoms with Gasteiger partial charge in [-0.15, -0.1) is 5.10 Å². The van der Waals surface area contributed by atoms with Crippen LogP contribution in [0.15, 0.2) is 59.8 Å². The monoisotopic (exact) mass is 367 g/mol. The van der Waals surface area contributed by atoms with Gasteiger partial charge in [-0.3, -0.25) is 4.79 Å². The molecule has 6 nitrogen and oxygen atoms in total. The molecule has 0 aliphatic rings. The third-order valence-corrected chi connectivity index (χ3v) is 4.68. The second-order valence-electron chi connectivity index (χ2n) is 6.34. The number of tetrazole rings is 1. The van der Waals surface area contributed by atoms with Crippen LogP contribution in [0.5, 0.6) is 0 Å². The highest BCUT2D eigenvalue weighted by Gasteiger charge is 2.10. The molecule has 3 rings (SSSR count). The minimum atomic E-state index is -0.115. The first-order valence-corrected chi connectivity index (χ1v) is 9.44. The van der Waals surface area contributed by atoms with Gasteiger partial charge in [0.05, 0.1) is 0 Å².